The molecule has 2 aromatic heterocycles. The van der Waals surface area contributed by atoms with Gasteiger partial charge in [0.05, 0.1) is 0 Å². The topological polar surface area (TPSA) is 38.7 Å². The number of rotatable bonds is 4. The number of hydrogen-bond donors (Lipinski definition) is 0. The van der Waals surface area contributed by atoms with E-state index in [4.69, 9.17) is 15.0 Å². The molecule has 8 rings (SSSR count). The second-order valence-electron chi connectivity index (χ2n) is 10.0. The van der Waals surface area contributed by atoms with E-state index in [9.17, 15) is 0 Å². The average molecular weight is 542 g/mol. The second kappa shape index (κ2) is 9.77. The Hall–Kier alpha value is -5.19. The lowest BCUT2D eigenvalue weighted by atomic mass is 9.94. The molecule has 3 nitrogen and oxygen atoms in total. The van der Waals surface area contributed by atoms with E-state index < -0.39 is 0 Å². The van der Waals surface area contributed by atoms with Gasteiger partial charge in [-0.05, 0) is 28.6 Å². The van der Waals surface area contributed by atoms with E-state index in [2.05, 4.69) is 103 Å². The lowest BCUT2D eigenvalue weighted by Crippen LogP contribution is -2.00. The summed E-state index contributed by atoms with van der Waals surface area (Å²) < 4.78 is 2.50. The van der Waals surface area contributed by atoms with Gasteiger partial charge in [-0.15, -0.1) is 11.3 Å². The zero-order chi connectivity index (χ0) is 27.2. The molecule has 0 saturated carbocycles. The molecule has 0 radical (unpaired) electrons. The summed E-state index contributed by atoms with van der Waals surface area (Å²) in [7, 11) is 0. The SMILES string of the molecule is c1ccc(-c2nc(-c3ccccc3)nc(-c3cc4cccc(-c5ccccc5)c4c4sc5ccccc5c34)n2)cc1. The van der Waals surface area contributed by atoms with Crippen LogP contribution >= 0.6 is 11.3 Å². The van der Waals surface area contributed by atoms with Crippen molar-refractivity contribution in [3.63, 3.8) is 0 Å². The first kappa shape index (κ1) is 23.7. The van der Waals surface area contributed by atoms with Gasteiger partial charge in [-0.2, -0.15) is 0 Å². The van der Waals surface area contributed by atoms with Crippen molar-refractivity contribution in [2.24, 2.45) is 0 Å². The predicted molar refractivity (Wildman–Crippen MR) is 172 cm³/mol. The van der Waals surface area contributed by atoms with Gasteiger partial charge in [-0.3, -0.25) is 0 Å². The van der Waals surface area contributed by atoms with Gasteiger partial charge >= 0.3 is 0 Å². The zero-order valence-electron chi connectivity index (χ0n) is 22.0. The number of nitrogens with zero attached hydrogens (tertiary/aromatic N) is 3. The fourth-order valence-corrected chi connectivity index (χ4v) is 6.92. The highest BCUT2D eigenvalue weighted by atomic mass is 32.1. The Morgan fingerprint density at radius 3 is 1.63 bits per heavy atom. The maximum absolute atomic E-state index is 5.11. The molecular formula is C37H23N3S. The van der Waals surface area contributed by atoms with E-state index in [1.54, 1.807) is 0 Å². The Kier molecular flexibility index (Phi) is 5.64. The van der Waals surface area contributed by atoms with Gasteiger partial charge in [-0.25, -0.2) is 15.0 Å². The molecule has 0 aliphatic heterocycles. The quantitative estimate of drug-likeness (QED) is 0.222. The standard InChI is InChI=1S/C37H23N3S/c1-4-13-24(14-5-1)28-21-12-19-27-23-30(33-29-20-10-11-22-31(29)41-34(33)32(27)28)37-39-35(25-15-6-2-7-16-25)38-36(40-37)26-17-8-3-9-18-26/h1-23H. The number of aromatic nitrogens is 3. The Labute approximate surface area is 241 Å². The van der Waals surface area contributed by atoms with Crippen molar-refractivity contribution in [3.05, 3.63) is 140 Å². The van der Waals surface area contributed by atoms with Crippen molar-refractivity contribution in [2.45, 2.75) is 0 Å². The largest absolute Gasteiger partial charge is 0.208 e. The highest BCUT2D eigenvalue weighted by Crippen LogP contribution is 2.46. The molecule has 0 aliphatic rings. The van der Waals surface area contributed by atoms with Crippen molar-refractivity contribution in [1.29, 1.82) is 0 Å². The van der Waals surface area contributed by atoms with Crippen LogP contribution in [0.25, 0.3) is 76.2 Å². The number of fused-ring (bicyclic) bond motifs is 5. The van der Waals surface area contributed by atoms with Crippen molar-refractivity contribution in [1.82, 2.24) is 15.0 Å². The van der Waals surface area contributed by atoms with Crippen LogP contribution in [0, 0.1) is 0 Å². The fraction of sp³-hybridized carbons (Fsp3) is 0. The van der Waals surface area contributed by atoms with Gasteiger partial charge in [-0.1, -0.05) is 127 Å². The molecule has 0 N–H and O–H groups in total. The lowest BCUT2D eigenvalue weighted by Gasteiger charge is -2.13. The van der Waals surface area contributed by atoms with E-state index in [0.29, 0.717) is 17.5 Å². The normalized spacial score (nSPS) is 11.4. The highest BCUT2D eigenvalue weighted by molar-refractivity contribution is 7.26. The summed E-state index contributed by atoms with van der Waals surface area (Å²) in [5.41, 5.74) is 5.39. The zero-order valence-corrected chi connectivity index (χ0v) is 22.8. The molecule has 0 amide bonds. The minimum atomic E-state index is 0.667. The van der Waals surface area contributed by atoms with Crippen LogP contribution in [0.2, 0.25) is 0 Å². The summed E-state index contributed by atoms with van der Waals surface area (Å²) in [5.74, 6) is 2.01. The smallest absolute Gasteiger partial charge is 0.164 e. The Bertz CT molecular complexity index is 2130. The number of thiophene rings is 1. The molecular weight excluding hydrogens is 518 g/mol. The molecule has 0 unspecified atom stereocenters. The van der Waals surface area contributed by atoms with E-state index in [1.165, 1.54) is 42.1 Å². The molecule has 0 fully saturated rings. The molecule has 2 heterocycles. The van der Waals surface area contributed by atoms with E-state index in [1.807, 2.05) is 47.7 Å². The Morgan fingerprint density at radius 2 is 0.976 bits per heavy atom. The number of hydrogen-bond acceptors (Lipinski definition) is 4. The van der Waals surface area contributed by atoms with Crippen LogP contribution in [0.3, 0.4) is 0 Å². The van der Waals surface area contributed by atoms with Crippen molar-refractivity contribution >= 4 is 42.3 Å². The van der Waals surface area contributed by atoms with Crippen molar-refractivity contribution in [3.8, 4) is 45.3 Å². The van der Waals surface area contributed by atoms with Gasteiger partial charge in [0, 0.05) is 42.2 Å². The third-order valence-electron chi connectivity index (χ3n) is 7.51. The third kappa shape index (κ3) is 4.08. The first-order valence-electron chi connectivity index (χ1n) is 13.6. The molecule has 192 valence electrons. The second-order valence-corrected chi connectivity index (χ2v) is 11.1. The molecule has 4 heteroatoms. The van der Waals surface area contributed by atoms with E-state index in [-0.39, 0.29) is 0 Å². The van der Waals surface area contributed by atoms with Gasteiger partial charge in [0.15, 0.2) is 17.5 Å². The average Bonchev–Trinajstić information content (AvgIpc) is 3.45. The highest BCUT2D eigenvalue weighted by Gasteiger charge is 2.20. The van der Waals surface area contributed by atoms with Crippen LogP contribution < -0.4 is 0 Å². The van der Waals surface area contributed by atoms with Crippen LogP contribution in [0.1, 0.15) is 0 Å². The monoisotopic (exact) mass is 541 g/mol. The molecule has 6 aromatic carbocycles. The summed E-state index contributed by atoms with van der Waals surface area (Å²) in [6, 6.07) is 48.4. The van der Waals surface area contributed by atoms with Crippen LogP contribution in [0.15, 0.2) is 140 Å². The van der Waals surface area contributed by atoms with Gasteiger partial charge in [0.2, 0.25) is 0 Å². The molecule has 0 aliphatic carbocycles. The predicted octanol–water partition coefficient (Wildman–Crippen LogP) is 10.1. The summed E-state index contributed by atoms with van der Waals surface area (Å²) in [6.07, 6.45) is 0. The summed E-state index contributed by atoms with van der Waals surface area (Å²) in [4.78, 5) is 15.1. The first-order valence-corrected chi connectivity index (χ1v) is 14.4. The first-order chi connectivity index (χ1) is 20.3. The Balaban J connectivity index is 1.49. The molecule has 8 aromatic rings. The van der Waals surface area contributed by atoms with Crippen LogP contribution in [0.5, 0.6) is 0 Å². The van der Waals surface area contributed by atoms with E-state index in [0.717, 1.165) is 16.7 Å². The van der Waals surface area contributed by atoms with Gasteiger partial charge in [0.25, 0.3) is 0 Å². The van der Waals surface area contributed by atoms with Crippen molar-refractivity contribution < 1.29 is 0 Å². The maximum Gasteiger partial charge on any atom is 0.164 e. The van der Waals surface area contributed by atoms with Gasteiger partial charge in [0.1, 0.15) is 0 Å². The molecule has 0 atom stereocenters. The Morgan fingerprint density at radius 1 is 0.415 bits per heavy atom. The minimum absolute atomic E-state index is 0.667. The molecule has 41 heavy (non-hydrogen) atoms. The van der Waals surface area contributed by atoms with E-state index >= 15 is 0 Å². The van der Waals surface area contributed by atoms with Crippen LogP contribution in [-0.2, 0) is 0 Å². The van der Waals surface area contributed by atoms with Crippen molar-refractivity contribution in [2.75, 3.05) is 0 Å². The van der Waals surface area contributed by atoms with Gasteiger partial charge < -0.3 is 0 Å². The minimum Gasteiger partial charge on any atom is -0.208 e. The summed E-state index contributed by atoms with van der Waals surface area (Å²) in [6.45, 7) is 0. The molecule has 0 spiro atoms. The van der Waals surface area contributed by atoms with Crippen LogP contribution in [0.4, 0.5) is 0 Å². The lowest BCUT2D eigenvalue weighted by molar-refractivity contribution is 1.08. The molecule has 0 bridgehead atoms. The summed E-state index contributed by atoms with van der Waals surface area (Å²) >= 11 is 1.84. The third-order valence-corrected chi connectivity index (χ3v) is 8.70. The summed E-state index contributed by atoms with van der Waals surface area (Å²) in [5, 5.41) is 4.84. The molecule has 0 saturated heterocycles. The number of benzene rings is 6. The van der Waals surface area contributed by atoms with Crippen LogP contribution in [-0.4, -0.2) is 15.0 Å². The maximum atomic E-state index is 5.11. The fourth-order valence-electron chi connectivity index (χ4n) is 5.62.